The first-order valence-corrected chi connectivity index (χ1v) is 6.56. The Kier molecular flexibility index (Phi) is 5.00. The smallest absolute Gasteiger partial charge is 0.101 e. The molecule has 0 radical (unpaired) electrons. The van der Waals surface area contributed by atoms with Gasteiger partial charge in [0, 0.05) is 32.7 Å². The Morgan fingerprint density at radius 3 is 2.83 bits per heavy atom. The minimum Gasteiger partial charge on any atom is -0.384 e. The van der Waals surface area contributed by atoms with E-state index in [1.165, 1.54) is 0 Å². The quantitative estimate of drug-likeness (QED) is 0.766. The van der Waals surface area contributed by atoms with Crippen molar-refractivity contribution in [3.63, 3.8) is 0 Å². The average molecular weight is 244 g/mol. The minimum atomic E-state index is 0.722. The topological polar surface area (TPSA) is 51.1 Å². The van der Waals surface area contributed by atoms with Crippen molar-refractivity contribution in [3.8, 4) is 6.07 Å². The van der Waals surface area contributed by atoms with E-state index in [0.29, 0.717) is 0 Å². The highest BCUT2D eigenvalue weighted by atomic mass is 15.2. The Morgan fingerprint density at radius 1 is 1.28 bits per heavy atom. The number of hydrogen-bond donors (Lipinski definition) is 2. The Hall–Kier alpha value is -1.57. The normalized spacial score (nSPS) is 16.2. The fourth-order valence-electron chi connectivity index (χ4n) is 2.20. The molecule has 4 heteroatoms. The van der Waals surface area contributed by atoms with E-state index in [1.807, 2.05) is 24.3 Å². The third kappa shape index (κ3) is 3.73. The fourth-order valence-corrected chi connectivity index (χ4v) is 2.20. The van der Waals surface area contributed by atoms with Gasteiger partial charge in [-0.15, -0.1) is 0 Å². The maximum absolute atomic E-state index is 8.97. The van der Waals surface area contributed by atoms with Crippen LogP contribution in [0.3, 0.4) is 0 Å². The molecule has 1 saturated heterocycles. The second-order valence-electron chi connectivity index (χ2n) is 4.53. The summed E-state index contributed by atoms with van der Waals surface area (Å²) in [4.78, 5) is 2.48. The first-order chi connectivity index (χ1) is 8.90. The van der Waals surface area contributed by atoms with Crippen LogP contribution in [0.5, 0.6) is 0 Å². The standard InChI is InChI=1S/C14H20N4/c15-12-13-4-1-2-5-14(13)17-6-3-9-18-10-7-16-8-11-18/h1-2,4-5,16-17H,3,6-11H2. The van der Waals surface area contributed by atoms with Crippen LogP contribution in [0.4, 0.5) is 5.69 Å². The second kappa shape index (κ2) is 7.00. The predicted molar refractivity (Wildman–Crippen MR) is 73.6 cm³/mol. The Morgan fingerprint density at radius 2 is 2.06 bits per heavy atom. The molecule has 1 aliphatic heterocycles. The summed E-state index contributed by atoms with van der Waals surface area (Å²) in [5.41, 5.74) is 1.67. The molecule has 0 saturated carbocycles. The molecule has 0 atom stereocenters. The number of benzene rings is 1. The molecule has 18 heavy (non-hydrogen) atoms. The fraction of sp³-hybridized carbons (Fsp3) is 0.500. The van der Waals surface area contributed by atoms with Crippen LogP contribution in [0.15, 0.2) is 24.3 Å². The van der Waals surface area contributed by atoms with E-state index in [4.69, 9.17) is 5.26 Å². The van der Waals surface area contributed by atoms with Crippen molar-refractivity contribution in [1.29, 1.82) is 5.26 Å². The van der Waals surface area contributed by atoms with Gasteiger partial charge in [0.1, 0.15) is 6.07 Å². The van der Waals surface area contributed by atoms with Crippen molar-refractivity contribution >= 4 is 5.69 Å². The van der Waals surface area contributed by atoms with Crippen molar-refractivity contribution < 1.29 is 0 Å². The first-order valence-electron chi connectivity index (χ1n) is 6.56. The van der Waals surface area contributed by atoms with Crippen LogP contribution in [0, 0.1) is 11.3 Å². The molecule has 1 aromatic rings. The molecule has 0 unspecified atom stereocenters. The molecule has 0 spiro atoms. The number of nitrogens with one attached hydrogen (secondary N) is 2. The summed E-state index contributed by atoms with van der Waals surface area (Å²) in [5, 5.41) is 15.7. The van der Waals surface area contributed by atoms with Crippen molar-refractivity contribution in [2.24, 2.45) is 0 Å². The maximum Gasteiger partial charge on any atom is 0.101 e. The van der Waals surface area contributed by atoms with Crippen molar-refractivity contribution in [2.75, 3.05) is 44.6 Å². The number of nitriles is 1. The number of nitrogens with zero attached hydrogens (tertiary/aromatic N) is 2. The number of para-hydroxylation sites is 1. The Labute approximate surface area is 109 Å². The molecule has 0 aromatic heterocycles. The Balaban J connectivity index is 1.70. The molecule has 96 valence electrons. The lowest BCUT2D eigenvalue weighted by Gasteiger charge is -2.27. The van der Waals surface area contributed by atoms with Gasteiger partial charge in [-0.3, -0.25) is 0 Å². The number of hydrogen-bond acceptors (Lipinski definition) is 4. The molecule has 0 aliphatic carbocycles. The summed E-state index contributed by atoms with van der Waals surface area (Å²) in [6.45, 7) is 6.55. The zero-order chi connectivity index (χ0) is 12.6. The molecule has 1 fully saturated rings. The number of anilines is 1. The van der Waals surface area contributed by atoms with Gasteiger partial charge >= 0.3 is 0 Å². The van der Waals surface area contributed by atoms with Gasteiger partial charge < -0.3 is 15.5 Å². The third-order valence-electron chi connectivity index (χ3n) is 3.22. The zero-order valence-electron chi connectivity index (χ0n) is 10.7. The largest absolute Gasteiger partial charge is 0.384 e. The van der Waals surface area contributed by atoms with Gasteiger partial charge in [-0.2, -0.15) is 5.26 Å². The number of piperazine rings is 1. The van der Waals surface area contributed by atoms with Crippen molar-refractivity contribution in [1.82, 2.24) is 10.2 Å². The van der Waals surface area contributed by atoms with Gasteiger partial charge in [0.2, 0.25) is 0 Å². The van der Waals surface area contributed by atoms with Crippen LogP contribution in [0.1, 0.15) is 12.0 Å². The van der Waals surface area contributed by atoms with Crippen LogP contribution in [-0.4, -0.2) is 44.2 Å². The van der Waals surface area contributed by atoms with E-state index >= 15 is 0 Å². The van der Waals surface area contributed by atoms with E-state index < -0.39 is 0 Å². The molecule has 4 nitrogen and oxygen atoms in total. The third-order valence-corrected chi connectivity index (χ3v) is 3.22. The van der Waals surface area contributed by atoms with Crippen LogP contribution >= 0.6 is 0 Å². The predicted octanol–water partition coefficient (Wildman–Crippen LogP) is 1.27. The molecule has 2 N–H and O–H groups in total. The SMILES string of the molecule is N#Cc1ccccc1NCCCN1CCNCC1. The van der Waals surface area contributed by atoms with Gasteiger partial charge in [-0.25, -0.2) is 0 Å². The van der Waals surface area contributed by atoms with E-state index in [2.05, 4.69) is 21.6 Å². The van der Waals surface area contributed by atoms with Crippen LogP contribution < -0.4 is 10.6 Å². The van der Waals surface area contributed by atoms with E-state index in [1.54, 1.807) is 0 Å². The highest BCUT2D eigenvalue weighted by molar-refractivity contribution is 5.56. The van der Waals surface area contributed by atoms with Gasteiger partial charge in [-0.05, 0) is 25.1 Å². The van der Waals surface area contributed by atoms with Gasteiger partial charge in [-0.1, -0.05) is 12.1 Å². The zero-order valence-corrected chi connectivity index (χ0v) is 10.7. The van der Waals surface area contributed by atoms with E-state index in [0.717, 1.165) is 56.9 Å². The van der Waals surface area contributed by atoms with E-state index in [-0.39, 0.29) is 0 Å². The minimum absolute atomic E-state index is 0.722. The molecule has 0 bridgehead atoms. The van der Waals surface area contributed by atoms with Crippen LogP contribution in [0.2, 0.25) is 0 Å². The summed E-state index contributed by atoms with van der Waals surface area (Å²) in [6.07, 6.45) is 1.11. The molecule has 0 amide bonds. The lowest BCUT2D eigenvalue weighted by molar-refractivity contribution is 0.240. The summed E-state index contributed by atoms with van der Waals surface area (Å²) in [6, 6.07) is 9.86. The summed E-state index contributed by atoms with van der Waals surface area (Å²) < 4.78 is 0. The summed E-state index contributed by atoms with van der Waals surface area (Å²) in [7, 11) is 0. The van der Waals surface area contributed by atoms with Gasteiger partial charge in [0.25, 0.3) is 0 Å². The summed E-state index contributed by atoms with van der Waals surface area (Å²) >= 11 is 0. The molecule has 1 aliphatic rings. The lowest BCUT2D eigenvalue weighted by Crippen LogP contribution is -2.44. The highest BCUT2D eigenvalue weighted by Crippen LogP contribution is 2.13. The molecule has 1 aromatic carbocycles. The van der Waals surface area contributed by atoms with Gasteiger partial charge in [0.15, 0.2) is 0 Å². The lowest BCUT2D eigenvalue weighted by atomic mass is 10.2. The van der Waals surface area contributed by atoms with Crippen molar-refractivity contribution in [3.05, 3.63) is 29.8 Å². The van der Waals surface area contributed by atoms with Crippen LogP contribution in [-0.2, 0) is 0 Å². The maximum atomic E-state index is 8.97. The molecule has 2 rings (SSSR count). The van der Waals surface area contributed by atoms with Crippen molar-refractivity contribution in [2.45, 2.75) is 6.42 Å². The Bertz CT molecular complexity index is 405. The molecular formula is C14H20N4. The molecular weight excluding hydrogens is 224 g/mol. The van der Waals surface area contributed by atoms with Crippen LogP contribution in [0.25, 0.3) is 0 Å². The second-order valence-corrected chi connectivity index (χ2v) is 4.53. The summed E-state index contributed by atoms with van der Waals surface area (Å²) in [5.74, 6) is 0. The van der Waals surface area contributed by atoms with E-state index in [9.17, 15) is 0 Å². The monoisotopic (exact) mass is 244 g/mol. The number of rotatable bonds is 5. The van der Waals surface area contributed by atoms with Gasteiger partial charge in [0.05, 0.1) is 11.3 Å². The molecule has 1 heterocycles. The highest BCUT2D eigenvalue weighted by Gasteiger charge is 2.08. The first kappa shape index (κ1) is 12.9. The average Bonchev–Trinajstić information content (AvgIpc) is 2.45.